The molecule has 1 fully saturated rings. The third kappa shape index (κ3) is 4.62. The molecule has 0 N–H and O–H groups in total. The molecule has 0 unspecified atom stereocenters. The van der Waals surface area contributed by atoms with Crippen molar-refractivity contribution in [1.82, 2.24) is 9.78 Å². The summed E-state index contributed by atoms with van der Waals surface area (Å²) < 4.78 is 12.7. The Bertz CT molecular complexity index is 1150. The van der Waals surface area contributed by atoms with Crippen molar-refractivity contribution in [3.8, 4) is 0 Å². The summed E-state index contributed by atoms with van der Waals surface area (Å²) in [5.41, 5.74) is 2.52. The maximum atomic E-state index is 12.5. The van der Waals surface area contributed by atoms with Gasteiger partial charge in [-0.3, -0.25) is 19.6 Å². The van der Waals surface area contributed by atoms with Crippen LogP contribution in [0.2, 0.25) is 0 Å². The molecule has 2 aromatic heterocycles. The lowest BCUT2D eigenvalue weighted by Gasteiger charge is -2.28. The first-order chi connectivity index (χ1) is 15.4. The van der Waals surface area contributed by atoms with Crippen molar-refractivity contribution < 1.29 is 18.9 Å². The number of anilines is 1. The number of carbonyl (C=O) groups is 1. The minimum atomic E-state index is -0.427. The number of rotatable bonds is 7. The number of carbonyl (C=O) groups excluding carboxylic acids is 1. The Labute approximate surface area is 185 Å². The van der Waals surface area contributed by atoms with Crippen LogP contribution in [0.5, 0.6) is 0 Å². The Hall–Kier alpha value is -3.72. The maximum absolute atomic E-state index is 12.5. The van der Waals surface area contributed by atoms with Gasteiger partial charge >= 0.3 is 5.69 Å². The minimum Gasteiger partial charge on any atom is -0.460 e. The van der Waals surface area contributed by atoms with Gasteiger partial charge in [0.25, 0.3) is 0 Å². The molecule has 32 heavy (non-hydrogen) atoms. The Morgan fingerprint density at radius 1 is 1.16 bits per heavy atom. The van der Waals surface area contributed by atoms with Gasteiger partial charge in [0.2, 0.25) is 0 Å². The van der Waals surface area contributed by atoms with Gasteiger partial charge in [0.15, 0.2) is 5.78 Å². The van der Waals surface area contributed by atoms with Crippen LogP contribution in [0.1, 0.15) is 33.3 Å². The minimum absolute atomic E-state index is 0.0157. The molecule has 0 aliphatic carbocycles. The second-order valence-electron chi connectivity index (χ2n) is 7.58. The monoisotopic (exact) mass is 436 g/mol. The molecule has 3 heterocycles. The number of aryl methyl sites for hydroxylation is 1. The van der Waals surface area contributed by atoms with Gasteiger partial charge < -0.3 is 14.1 Å². The van der Waals surface area contributed by atoms with Gasteiger partial charge in [0, 0.05) is 24.3 Å². The molecule has 0 spiro atoms. The van der Waals surface area contributed by atoms with E-state index in [1.54, 1.807) is 36.7 Å². The molecule has 1 aliphatic heterocycles. The van der Waals surface area contributed by atoms with Crippen LogP contribution < -0.4 is 4.90 Å². The van der Waals surface area contributed by atoms with E-state index in [4.69, 9.17) is 9.15 Å². The van der Waals surface area contributed by atoms with Crippen molar-refractivity contribution in [3.05, 3.63) is 81.1 Å². The Morgan fingerprint density at radius 3 is 2.53 bits per heavy atom. The molecule has 0 bridgehead atoms. The zero-order valence-corrected chi connectivity index (χ0v) is 18.0. The average molecular weight is 436 g/mol. The fourth-order valence-electron chi connectivity index (χ4n) is 3.73. The van der Waals surface area contributed by atoms with E-state index in [2.05, 4.69) is 10.00 Å². The highest BCUT2D eigenvalue weighted by Crippen LogP contribution is 2.23. The molecule has 166 valence electrons. The van der Waals surface area contributed by atoms with E-state index in [0.29, 0.717) is 41.7 Å². The molecule has 1 saturated heterocycles. The highest BCUT2D eigenvalue weighted by molar-refractivity contribution is 6.06. The van der Waals surface area contributed by atoms with E-state index in [0.717, 1.165) is 18.8 Å². The lowest BCUT2D eigenvalue weighted by atomic mass is 10.1. The van der Waals surface area contributed by atoms with E-state index >= 15 is 0 Å². The second-order valence-corrected chi connectivity index (χ2v) is 7.58. The van der Waals surface area contributed by atoms with E-state index in [1.807, 2.05) is 24.3 Å². The van der Waals surface area contributed by atoms with Crippen molar-refractivity contribution in [1.29, 1.82) is 0 Å². The molecular formula is C23H24N4O5. The van der Waals surface area contributed by atoms with Crippen molar-refractivity contribution in [2.45, 2.75) is 20.4 Å². The predicted octanol–water partition coefficient (Wildman–Crippen LogP) is 3.78. The Morgan fingerprint density at radius 2 is 1.88 bits per heavy atom. The first kappa shape index (κ1) is 21.5. The predicted molar refractivity (Wildman–Crippen MR) is 119 cm³/mol. The number of nitrogens with zero attached hydrogens (tertiary/aromatic N) is 4. The SMILES string of the molecule is Cc1nn(Cc2ccc(/C=C/C(=O)c3ccc(N4CCOCC4)cc3)o2)c(C)c1[N+](=O)[O-]. The van der Waals surface area contributed by atoms with Gasteiger partial charge in [0.05, 0.1) is 24.7 Å². The number of hydrogen-bond donors (Lipinski definition) is 0. The summed E-state index contributed by atoms with van der Waals surface area (Å²) in [6.07, 6.45) is 3.09. The lowest BCUT2D eigenvalue weighted by Crippen LogP contribution is -2.36. The van der Waals surface area contributed by atoms with Crippen LogP contribution in [0, 0.1) is 24.0 Å². The van der Waals surface area contributed by atoms with Crippen LogP contribution in [0.3, 0.4) is 0 Å². The molecule has 0 saturated carbocycles. The third-order valence-electron chi connectivity index (χ3n) is 5.44. The van der Waals surface area contributed by atoms with Gasteiger partial charge in [-0.05, 0) is 62.4 Å². The number of hydrogen-bond acceptors (Lipinski definition) is 7. The average Bonchev–Trinajstić information content (AvgIpc) is 3.36. The summed E-state index contributed by atoms with van der Waals surface area (Å²) in [4.78, 5) is 25.5. The van der Waals surface area contributed by atoms with Crippen molar-refractivity contribution in [3.63, 3.8) is 0 Å². The number of morpholine rings is 1. The summed E-state index contributed by atoms with van der Waals surface area (Å²) in [5.74, 6) is 0.993. The van der Waals surface area contributed by atoms with Crippen LogP contribution in [0.15, 0.2) is 46.9 Å². The number of furan rings is 1. The van der Waals surface area contributed by atoms with Crippen LogP contribution >= 0.6 is 0 Å². The van der Waals surface area contributed by atoms with E-state index in [9.17, 15) is 14.9 Å². The maximum Gasteiger partial charge on any atom is 0.312 e. The van der Waals surface area contributed by atoms with Crippen molar-refractivity contribution in [2.75, 3.05) is 31.2 Å². The van der Waals surface area contributed by atoms with Gasteiger partial charge in [0.1, 0.15) is 22.9 Å². The molecular weight excluding hydrogens is 412 g/mol. The van der Waals surface area contributed by atoms with Crippen LogP contribution in [0.25, 0.3) is 6.08 Å². The van der Waals surface area contributed by atoms with E-state index < -0.39 is 4.92 Å². The largest absolute Gasteiger partial charge is 0.460 e. The molecule has 4 rings (SSSR count). The molecule has 9 heteroatoms. The molecule has 9 nitrogen and oxygen atoms in total. The van der Waals surface area contributed by atoms with Crippen LogP contribution in [0.4, 0.5) is 11.4 Å². The Kier molecular flexibility index (Phi) is 6.18. The number of allylic oxidation sites excluding steroid dienone is 1. The number of nitro groups is 1. The first-order valence-corrected chi connectivity index (χ1v) is 10.3. The van der Waals surface area contributed by atoms with Gasteiger partial charge in [-0.1, -0.05) is 0 Å². The summed E-state index contributed by atoms with van der Waals surface area (Å²) in [6, 6.07) is 11.1. The van der Waals surface area contributed by atoms with Gasteiger partial charge in [-0.15, -0.1) is 0 Å². The summed E-state index contributed by atoms with van der Waals surface area (Å²) >= 11 is 0. The normalized spacial score (nSPS) is 14.2. The molecule has 3 aromatic rings. The number of ether oxygens (including phenoxy) is 1. The fourth-order valence-corrected chi connectivity index (χ4v) is 3.73. The highest BCUT2D eigenvalue weighted by atomic mass is 16.6. The molecule has 1 aliphatic rings. The molecule has 0 amide bonds. The number of benzene rings is 1. The fraction of sp³-hybridized carbons (Fsp3) is 0.304. The number of aromatic nitrogens is 2. The zero-order chi connectivity index (χ0) is 22.7. The highest BCUT2D eigenvalue weighted by Gasteiger charge is 2.22. The van der Waals surface area contributed by atoms with E-state index in [1.165, 1.54) is 6.08 Å². The lowest BCUT2D eigenvalue weighted by molar-refractivity contribution is -0.386. The zero-order valence-electron chi connectivity index (χ0n) is 18.0. The smallest absolute Gasteiger partial charge is 0.312 e. The van der Waals surface area contributed by atoms with Crippen LogP contribution in [-0.4, -0.2) is 46.8 Å². The first-order valence-electron chi connectivity index (χ1n) is 10.3. The summed E-state index contributed by atoms with van der Waals surface area (Å²) in [6.45, 7) is 6.65. The van der Waals surface area contributed by atoms with Crippen molar-refractivity contribution >= 4 is 23.2 Å². The van der Waals surface area contributed by atoms with Gasteiger partial charge in [-0.25, -0.2) is 0 Å². The molecule has 0 radical (unpaired) electrons. The Balaban J connectivity index is 1.40. The van der Waals surface area contributed by atoms with Crippen molar-refractivity contribution in [2.24, 2.45) is 0 Å². The van der Waals surface area contributed by atoms with Crippen LogP contribution in [-0.2, 0) is 11.3 Å². The molecule has 1 aromatic carbocycles. The van der Waals surface area contributed by atoms with E-state index in [-0.39, 0.29) is 18.0 Å². The third-order valence-corrected chi connectivity index (χ3v) is 5.44. The second kappa shape index (κ2) is 9.19. The van der Waals surface area contributed by atoms with Gasteiger partial charge in [-0.2, -0.15) is 5.10 Å². The quantitative estimate of drug-likeness (QED) is 0.240. The topological polar surface area (TPSA) is 104 Å². The number of ketones is 1. The summed E-state index contributed by atoms with van der Waals surface area (Å²) in [5, 5.41) is 15.4. The summed E-state index contributed by atoms with van der Waals surface area (Å²) in [7, 11) is 0. The standard InChI is InChI=1S/C23H24N4O5/c1-16-23(27(29)30)17(2)26(24-16)15-21-8-7-20(32-21)9-10-22(28)18-3-5-19(6-4-18)25-11-13-31-14-12-25/h3-10H,11-15H2,1-2H3/b10-9+. The molecule has 0 atom stereocenters.